The lowest BCUT2D eigenvalue weighted by molar-refractivity contribution is -0.172. The zero-order valence-electron chi connectivity index (χ0n) is 28.6. The van der Waals surface area contributed by atoms with E-state index in [1.807, 2.05) is 65.6 Å². The monoisotopic (exact) mass is 701 g/mol. The Morgan fingerprint density at radius 2 is 1.46 bits per heavy atom. The van der Waals surface area contributed by atoms with Crippen molar-refractivity contribution in [2.45, 2.75) is 70.5 Å². The van der Waals surface area contributed by atoms with E-state index in [4.69, 9.17) is 32.4 Å². The molecular formula is C40H45Cl2NO4Si. The van der Waals surface area contributed by atoms with E-state index in [9.17, 15) is 9.59 Å². The molecule has 1 heterocycles. The van der Waals surface area contributed by atoms with Crippen LogP contribution in [0.3, 0.4) is 0 Å². The van der Waals surface area contributed by atoms with Gasteiger partial charge in [0.05, 0.1) is 25.8 Å². The Morgan fingerprint density at radius 3 is 1.96 bits per heavy atom. The van der Waals surface area contributed by atoms with Crippen molar-refractivity contribution >= 4 is 53.8 Å². The number of carbonyl (C=O) groups excluding carboxylic acids is 2. The number of nitrogens with zero attached hydrogens (tertiary/aromatic N) is 1. The minimum absolute atomic E-state index is 0.251. The standard InChI is InChI=1S/C40H45Cl2NO4Si/c1-7-32(27-47-48(39(2,3)4,33-17-10-8-11-18-33)34-19-12-9-13-20-34)43-36(28-21-23-30(41)24-22-28)35(29-15-14-16-31(42)25-29)26-40(5,37(43)44)38(45)46-6/h8-25,32,35-36H,7,26-27H2,1-6H3/t32-,35?,36?,40?/m0/s1. The third kappa shape index (κ3) is 6.73. The molecule has 1 fully saturated rings. The van der Waals surface area contributed by atoms with Crippen LogP contribution in [-0.2, 0) is 18.8 Å². The van der Waals surface area contributed by atoms with Gasteiger partial charge in [0.15, 0.2) is 0 Å². The van der Waals surface area contributed by atoms with Crippen LogP contribution in [0.4, 0.5) is 0 Å². The van der Waals surface area contributed by atoms with Gasteiger partial charge in [-0.2, -0.15) is 0 Å². The fourth-order valence-corrected chi connectivity index (χ4v) is 12.4. The molecule has 48 heavy (non-hydrogen) atoms. The summed E-state index contributed by atoms with van der Waals surface area (Å²) in [5.74, 6) is -1.10. The van der Waals surface area contributed by atoms with Crippen molar-refractivity contribution in [2.75, 3.05) is 13.7 Å². The highest BCUT2D eigenvalue weighted by atomic mass is 35.5. The molecule has 1 amide bonds. The van der Waals surface area contributed by atoms with Crippen LogP contribution in [0.15, 0.2) is 109 Å². The minimum Gasteiger partial charge on any atom is -0.468 e. The molecule has 0 saturated carbocycles. The zero-order chi connectivity index (χ0) is 34.7. The number of likely N-dealkylation sites (tertiary alicyclic amines) is 1. The van der Waals surface area contributed by atoms with E-state index in [1.165, 1.54) is 7.11 Å². The molecule has 0 aromatic heterocycles. The van der Waals surface area contributed by atoms with Crippen molar-refractivity contribution in [3.8, 4) is 0 Å². The Hall–Kier alpha value is -3.42. The van der Waals surface area contributed by atoms with Crippen molar-refractivity contribution < 1.29 is 18.8 Å². The summed E-state index contributed by atoms with van der Waals surface area (Å²) < 4.78 is 12.7. The van der Waals surface area contributed by atoms with Gasteiger partial charge in [0, 0.05) is 16.0 Å². The molecule has 4 aromatic rings. The number of hydrogen-bond acceptors (Lipinski definition) is 4. The Balaban J connectivity index is 1.69. The van der Waals surface area contributed by atoms with Gasteiger partial charge in [-0.1, -0.05) is 136 Å². The van der Waals surface area contributed by atoms with Crippen LogP contribution in [-0.4, -0.2) is 44.9 Å². The molecule has 0 bridgehead atoms. The smallest absolute Gasteiger partial charge is 0.321 e. The molecule has 3 unspecified atom stereocenters. The van der Waals surface area contributed by atoms with Gasteiger partial charge in [0.2, 0.25) is 5.91 Å². The van der Waals surface area contributed by atoms with Crippen LogP contribution in [0.2, 0.25) is 15.1 Å². The van der Waals surface area contributed by atoms with E-state index < -0.39 is 25.7 Å². The van der Waals surface area contributed by atoms with E-state index in [2.05, 4.69) is 76.2 Å². The molecule has 0 aliphatic carbocycles. The first-order chi connectivity index (χ1) is 22.9. The number of hydrogen-bond donors (Lipinski definition) is 0. The number of amides is 1. The maximum atomic E-state index is 14.9. The van der Waals surface area contributed by atoms with Crippen LogP contribution in [0.25, 0.3) is 0 Å². The topological polar surface area (TPSA) is 55.8 Å². The average Bonchev–Trinajstić information content (AvgIpc) is 3.08. The lowest BCUT2D eigenvalue weighted by atomic mass is 9.68. The molecule has 0 N–H and O–H groups in total. The van der Waals surface area contributed by atoms with E-state index in [0.29, 0.717) is 16.5 Å². The number of rotatable bonds is 10. The van der Waals surface area contributed by atoms with Gasteiger partial charge in [-0.15, -0.1) is 0 Å². The molecule has 5 nitrogen and oxygen atoms in total. The summed E-state index contributed by atoms with van der Waals surface area (Å²) in [6, 6.07) is 35.5. The van der Waals surface area contributed by atoms with E-state index in [0.717, 1.165) is 21.5 Å². The van der Waals surface area contributed by atoms with Gasteiger partial charge < -0.3 is 14.1 Å². The number of methoxy groups -OCH3 is 1. The van der Waals surface area contributed by atoms with Crippen LogP contribution in [0.1, 0.15) is 70.5 Å². The van der Waals surface area contributed by atoms with E-state index >= 15 is 0 Å². The molecule has 8 heteroatoms. The van der Waals surface area contributed by atoms with Crippen LogP contribution >= 0.6 is 23.2 Å². The number of halogens is 2. The van der Waals surface area contributed by atoms with Gasteiger partial charge in [-0.3, -0.25) is 9.59 Å². The Labute approximate surface area is 296 Å². The van der Waals surface area contributed by atoms with Crippen molar-refractivity contribution in [1.82, 2.24) is 4.90 Å². The largest absolute Gasteiger partial charge is 0.468 e. The van der Waals surface area contributed by atoms with Crippen LogP contribution in [0.5, 0.6) is 0 Å². The zero-order valence-corrected chi connectivity index (χ0v) is 31.1. The Morgan fingerprint density at radius 1 is 0.875 bits per heavy atom. The normalized spacial score (nSPS) is 20.8. The van der Waals surface area contributed by atoms with E-state index in [1.54, 1.807) is 6.92 Å². The average molecular weight is 703 g/mol. The summed E-state index contributed by atoms with van der Waals surface area (Å²) in [4.78, 5) is 30.4. The predicted octanol–water partition coefficient (Wildman–Crippen LogP) is 8.59. The summed E-state index contributed by atoms with van der Waals surface area (Å²) in [6.45, 7) is 10.8. The first kappa shape index (κ1) is 35.9. The summed E-state index contributed by atoms with van der Waals surface area (Å²) in [5.41, 5.74) is 0.446. The number of piperidine rings is 1. The number of ether oxygens (including phenoxy) is 1. The summed E-state index contributed by atoms with van der Waals surface area (Å²) in [6.07, 6.45) is 0.863. The molecule has 1 aliphatic heterocycles. The van der Waals surface area contributed by atoms with E-state index in [-0.39, 0.29) is 35.9 Å². The van der Waals surface area contributed by atoms with Crippen molar-refractivity contribution in [3.05, 3.63) is 130 Å². The first-order valence-electron chi connectivity index (χ1n) is 16.5. The third-order valence-corrected chi connectivity index (χ3v) is 15.4. The molecule has 1 aliphatic rings. The molecule has 4 aromatic carbocycles. The third-order valence-electron chi connectivity index (χ3n) is 9.91. The number of carbonyl (C=O) groups is 2. The van der Waals surface area contributed by atoms with Gasteiger partial charge in [-0.05, 0) is 70.6 Å². The second kappa shape index (κ2) is 14.6. The summed E-state index contributed by atoms with van der Waals surface area (Å²) >= 11 is 12.9. The maximum absolute atomic E-state index is 14.9. The first-order valence-corrected chi connectivity index (χ1v) is 19.2. The second-order valence-corrected chi connectivity index (χ2v) is 19.1. The van der Waals surface area contributed by atoms with Crippen LogP contribution < -0.4 is 10.4 Å². The molecule has 4 atom stereocenters. The molecule has 1 saturated heterocycles. The predicted molar refractivity (Wildman–Crippen MR) is 198 cm³/mol. The fraction of sp³-hybridized carbons (Fsp3) is 0.350. The fourth-order valence-electron chi connectivity index (χ4n) is 7.50. The number of esters is 1. The molecule has 0 radical (unpaired) electrons. The van der Waals surface area contributed by atoms with Gasteiger partial charge in [0.25, 0.3) is 8.32 Å². The lowest BCUT2D eigenvalue weighted by Gasteiger charge is -2.52. The molecule has 252 valence electrons. The Kier molecular flexibility index (Phi) is 10.9. The Bertz CT molecular complexity index is 1670. The summed E-state index contributed by atoms with van der Waals surface area (Å²) in [7, 11) is -1.60. The van der Waals surface area contributed by atoms with Crippen molar-refractivity contribution in [1.29, 1.82) is 0 Å². The highest BCUT2D eigenvalue weighted by Gasteiger charge is 2.57. The molecular weight excluding hydrogens is 657 g/mol. The SMILES string of the molecule is CC[C@@H](CO[Si](c1ccccc1)(c1ccccc1)C(C)(C)C)N1C(=O)C(C)(C(=O)OC)CC(c2cccc(Cl)c2)C1c1ccc(Cl)cc1. The highest BCUT2D eigenvalue weighted by molar-refractivity contribution is 6.99. The number of benzene rings is 4. The minimum atomic E-state index is -2.94. The second-order valence-electron chi connectivity index (χ2n) is 13.9. The van der Waals surface area contributed by atoms with Gasteiger partial charge in [0.1, 0.15) is 5.41 Å². The quantitative estimate of drug-likeness (QED) is 0.0944. The van der Waals surface area contributed by atoms with Crippen LogP contribution in [0, 0.1) is 5.41 Å². The van der Waals surface area contributed by atoms with Crippen molar-refractivity contribution in [2.24, 2.45) is 5.41 Å². The van der Waals surface area contributed by atoms with Gasteiger partial charge >= 0.3 is 5.97 Å². The lowest BCUT2D eigenvalue weighted by Crippen LogP contribution is -2.68. The van der Waals surface area contributed by atoms with Gasteiger partial charge in [-0.25, -0.2) is 0 Å². The maximum Gasteiger partial charge on any atom is 0.321 e. The summed E-state index contributed by atoms with van der Waals surface area (Å²) in [5, 5.41) is 3.27. The molecule has 0 spiro atoms. The highest BCUT2D eigenvalue weighted by Crippen LogP contribution is 2.51. The molecule has 5 rings (SSSR count). The van der Waals surface area contributed by atoms with Crippen molar-refractivity contribution in [3.63, 3.8) is 0 Å².